The Morgan fingerprint density at radius 3 is 2.52 bits per heavy atom. The Morgan fingerprint density at radius 2 is 1.85 bits per heavy atom. The Hall–Kier alpha value is -3.66. The number of H-pyrrole nitrogens is 1. The first-order valence-corrected chi connectivity index (χ1v) is 10.0. The Bertz CT molecular complexity index is 1350. The predicted molar refractivity (Wildman–Crippen MR) is 114 cm³/mol. The lowest BCUT2D eigenvalue weighted by molar-refractivity contribution is -0.269. The number of rotatable bonds is 6. The van der Waals surface area contributed by atoms with E-state index in [9.17, 15) is 27.5 Å². The van der Waals surface area contributed by atoms with Crippen molar-refractivity contribution in [1.29, 1.82) is 0 Å². The summed E-state index contributed by atoms with van der Waals surface area (Å²) in [5.41, 5.74) is -1.86. The van der Waals surface area contributed by atoms with Gasteiger partial charge in [0.05, 0.1) is 11.9 Å². The fourth-order valence-electron chi connectivity index (χ4n) is 3.54. The van der Waals surface area contributed by atoms with Crippen LogP contribution in [0, 0.1) is 5.82 Å². The third-order valence-corrected chi connectivity index (χ3v) is 5.43. The number of hydrogen-bond donors (Lipinski definition) is 3. The van der Waals surface area contributed by atoms with Gasteiger partial charge in [-0.05, 0) is 41.3 Å². The molecule has 2 aromatic heterocycles. The average molecular weight is 461 g/mol. The number of halogens is 4. The van der Waals surface area contributed by atoms with Crippen molar-refractivity contribution < 1.29 is 27.1 Å². The largest absolute Gasteiger partial charge is 0.423 e. The summed E-state index contributed by atoms with van der Waals surface area (Å²) >= 11 is 0. The molecule has 0 aliphatic carbocycles. The molecular formula is C23H19F4N3O3. The highest BCUT2D eigenvalue weighted by atomic mass is 19.4. The van der Waals surface area contributed by atoms with Crippen LogP contribution in [0.15, 0.2) is 63.9 Å². The molecule has 0 radical (unpaired) electrons. The molecule has 0 spiro atoms. The maximum Gasteiger partial charge on any atom is 0.422 e. The highest BCUT2D eigenvalue weighted by Crippen LogP contribution is 2.40. The summed E-state index contributed by atoms with van der Waals surface area (Å²) in [6.07, 6.45) is -4.49. The van der Waals surface area contributed by atoms with Crippen LogP contribution in [0.1, 0.15) is 24.6 Å². The van der Waals surface area contributed by atoms with Gasteiger partial charge < -0.3 is 19.8 Å². The van der Waals surface area contributed by atoms with E-state index in [0.717, 1.165) is 6.20 Å². The van der Waals surface area contributed by atoms with Gasteiger partial charge in [0, 0.05) is 18.0 Å². The first-order chi connectivity index (χ1) is 15.6. The number of hydrogen-bond acceptors (Lipinski definition) is 5. The highest BCUT2D eigenvalue weighted by molar-refractivity contribution is 5.93. The second kappa shape index (κ2) is 8.36. The summed E-state index contributed by atoms with van der Waals surface area (Å²) in [4.78, 5) is 18.4. The summed E-state index contributed by atoms with van der Waals surface area (Å²) in [6.45, 7) is 1.38. The molecule has 6 nitrogen and oxygen atoms in total. The van der Waals surface area contributed by atoms with Crippen LogP contribution in [0.25, 0.3) is 22.1 Å². The van der Waals surface area contributed by atoms with E-state index in [2.05, 4.69) is 15.3 Å². The molecule has 2 heterocycles. The zero-order valence-corrected chi connectivity index (χ0v) is 17.3. The zero-order valence-electron chi connectivity index (χ0n) is 17.3. The van der Waals surface area contributed by atoms with Crippen LogP contribution >= 0.6 is 0 Å². The van der Waals surface area contributed by atoms with Gasteiger partial charge in [0.1, 0.15) is 11.4 Å². The highest BCUT2D eigenvalue weighted by Gasteiger charge is 2.54. The van der Waals surface area contributed by atoms with Gasteiger partial charge >= 0.3 is 11.8 Å². The molecule has 0 amide bonds. The van der Waals surface area contributed by atoms with Gasteiger partial charge in [-0.15, -0.1) is 0 Å². The van der Waals surface area contributed by atoms with Crippen molar-refractivity contribution in [3.05, 3.63) is 82.2 Å². The number of aromatic amines is 1. The maximum atomic E-state index is 13.3. The molecule has 10 heteroatoms. The lowest BCUT2D eigenvalue weighted by Crippen LogP contribution is -2.42. The van der Waals surface area contributed by atoms with Crippen LogP contribution in [0.2, 0.25) is 0 Å². The monoisotopic (exact) mass is 461 g/mol. The van der Waals surface area contributed by atoms with E-state index < -0.39 is 35.3 Å². The Morgan fingerprint density at radius 1 is 1.12 bits per heavy atom. The number of anilines is 1. The summed E-state index contributed by atoms with van der Waals surface area (Å²) in [6, 6.07) is 12.2. The summed E-state index contributed by atoms with van der Waals surface area (Å²) in [5.74, 6) is -0.351. The van der Waals surface area contributed by atoms with Crippen LogP contribution in [0.5, 0.6) is 0 Å². The SMILES string of the molecule is CCC(O)(c1cnc(NCc2ccc3c(-c4ccc(F)cc4)cc(=O)oc3c2)[nH]1)C(F)(F)F. The van der Waals surface area contributed by atoms with Gasteiger partial charge in [0.2, 0.25) is 11.5 Å². The number of alkyl halides is 3. The number of nitrogens with one attached hydrogen (secondary N) is 2. The summed E-state index contributed by atoms with van der Waals surface area (Å²) < 4.78 is 58.3. The van der Waals surface area contributed by atoms with Gasteiger partial charge in [-0.25, -0.2) is 14.2 Å². The van der Waals surface area contributed by atoms with Crippen molar-refractivity contribution in [1.82, 2.24) is 9.97 Å². The minimum Gasteiger partial charge on any atom is -0.423 e. The number of nitrogens with zero attached hydrogens (tertiary/aromatic N) is 1. The Kier molecular flexibility index (Phi) is 5.71. The molecule has 2 aromatic carbocycles. The van der Waals surface area contributed by atoms with Crippen LogP contribution in [-0.2, 0) is 12.1 Å². The number of aliphatic hydroxyl groups is 1. The van der Waals surface area contributed by atoms with E-state index in [1.807, 2.05) is 0 Å². The lowest BCUT2D eigenvalue weighted by atomic mass is 9.96. The van der Waals surface area contributed by atoms with E-state index >= 15 is 0 Å². The standard InChI is InChI=1S/C23H19F4N3O3/c1-2-22(32,23(25,26)27)19-12-29-21(30-19)28-11-13-3-8-16-17(10-20(31)33-18(16)9-13)14-4-6-15(24)7-5-14/h3-10,12,32H,2,11H2,1H3,(H2,28,29,30). The Balaban J connectivity index is 1.58. The first-order valence-electron chi connectivity index (χ1n) is 10.0. The summed E-state index contributed by atoms with van der Waals surface area (Å²) in [7, 11) is 0. The average Bonchev–Trinajstić information content (AvgIpc) is 3.25. The van der Waals surface area contributed by atoms with E-state index in [0.29, 0.717) is 27.7 Å². The van der Waals surface area contributed by atoms with Gasteiger partial charge in [-0.1, -0.05) is 31.2 Å². The maximum absolute atomic E-state index is 13.3. The molecule has 3 N–H and O–H groups in total. The zero-order chi connectivity index (χ0) is 23.8. The quantitative estimate of drug-likeness (QED) is 0.275. The van der Waals surface area contributed by atoms with Crippen molar-refractivity contribution in [3.8, 4) is 11.1 Å². The van der Waals surface area contributed by atoms with Crippen molar-refractivity contribution in [3.63, 3.8) is 0 Å². The lowest BCUT2D eigenvalue weighted by Gasteiger charge is -2.27. The molecule has 4 aromatic rings. The fraction of sp³-hybridized carbons (Fsp3) is 0.217. The second-order valence-corrected chi connectivity index (χ2v) is 7.53. The first kappa shape index (κ1) is 22.5. The fourth-order valence-corrected chi connectivity index (χ4v) is 3.54. The van der Waals surface area contributed by atoms with E-state index in [1.165, 1.54) is 25.1 Å². The molecule has 33 heavy (non-hydrogen) atoms. The molecule has 1 atom stereocenters. The third kappa shape index (κ3) is 4.34. The molecule has 172 valence electrons. The number of aromatic nitrogens is 2. The molecule has 0 fully saturated rings. The number of fused-ring (bicyclic) bond motifs is 1. The van der Waals surface area contributed by atoms with Crippen molar-refractivity contribution >= 4 is 16.9 Å². The molecular weight excluding hydrogens is 442 g/mol. The predicted octanol–water partition coefficient (Wildman–Crippen LogP) is 5.09. The topological polar surface area (TPSA) is 91.2 Å². The smallest absolute Gasteiger partial charge is 0.422 e. The number of imidazole rings is 1. The van der Waals surface area contributed by atoms with Crippen molar-refractivity contribution in [2.24, 2.45) is 0 Å². The van der Waals surface area contributed by atoms with Crippen molar-refractivity contribution in [2.45, 2.75) is 31.7 Å². The van der Waals surface area contributed by atoms with Crippen LogP contribution in [0.3, 0.4) is 0 Å². The van der Waals surface area contributed by atoms with Crippen LogP contribution < -0.4 is 10.9 Å². The molecule has 0 saturated heterocycles. The van der Waals surface area contributed by atoms with Crippen LogP contribution in [0.4, 0.5) is 23.5 Å². The number of benzene rings is 2. The molecule has 0 aliphatic heterocycles. The van der Waals surface area contributed by atoms with Gasteiger partial charge in [-0.2, -0.15) is 13.2 Å². The van der Waals surface area contributed by atoms with Crippen LogP contribution in [-0.4, -0.2) is 21.3 Å². The minimum atomic E-state index is -4.86. The second-order valence-electron chi connectivity index (χ2n) is 7.53. The molecule has 4 rings (SSSR count). The normalized spacial score (nSPS) is 13.8. The van der Waals surface area contributed by atoms with E-state index in [-0.39, 0.29) is 12.5 Å². The van der Waals surface area contributed by atoms with Gasteiger partial charge in [-0.3, -0.25) is 0 Å². The third-order valence-electron chi connectivity index (χ3n) is 5.43. The Labute approximate surface area is 184 Å². The molecule has 0 aliphatic rings. The molecule has 0 saturated carbocycles. The van der Waals surface area contributed by atoms with Crippen molar-refractivity contribution in [2.75, 3.05) is 5.32 Å². The van der Waals surface area contributed by atoms with Gasteiger partial charge in [0.25, 0.3) is 0 Å². The van der Waals surface area contributed by atoms with Gasteiger partial charge in [0.15, 0.2) is 0 Å². The molecule has 1 unspecified atom stereocenters. The van der Waals surface area contributed by atoms with E-state index in [4.69, 9.17) is 4.42 Å². The molecule has 0 bridgehead atoms. The minimum absolute atomic E-state index is 0.0442. The van der Waals surface area contributed by atoms with E-state index in [1.54, 1.807) is 30.3 Å². The summed E-state index contributed by atoms with van der Waals surface area (Å²) in [5, 5.41) is 13.5.